The van der Waals surface area contributed by atoms with Crippen molar-refractivity contribution in [3.05, 3.63) is 11.6 Å². The van der Waals surface area contributed by atoms with Gasteiger partial charge in [-0.2, -0.15) is 0 Å². The molecule has 0 N–H and O–H groups in total. The molecule has 1 aromatic rings. The maximum absolute atomic E-state index is 12.5. The van der Waals surface area contributed by atoms with Gasteiger partial charge in [-0.15, -0.1) is 10.2 Å². The lowest BCUT2D eigenvalue weighted by atomic mass is 9.96. The zero-order valence-electron chi connectivity index (χ0n) is 16.5. The normalized spacial score (nSPS) is 23.2. The molecule has 1 aromatic heterocycles. The average Bonchev–Trinajstić information content (AvgIpc) is 3.33. The molecule has 8 nitrogen and oxygen atoms in total. The highest BCUT2D eigenvalue weighted by Gasteiger charge is 2.28. The van der Waals surface area contributed by atoms with Crippen LogP contribution in [0.5, 0.6) is 0 Å². The maximum Gasteiger partial charge on any atom is 0.236 e. The van der Waals surface area contributed by atoms with Gasteiger partial charge in [0.1, 0.15) is 11.6 Å². The molecule has 0 spiro atoms. The van der Waals surface area contributed by atoms with Crippen molar-refractivity contribution in [1.29, 1.82) is 0 Å². The minimum Gasteiger partial charge on any atom is -0.379 e. The van der Waals surface area contributed by atoms with Gasteiger partial charge in [-0.3, -0.25) is 14.6 Å². The van der Waals surface area contributed by atoms with Crippen molar-refractivity contribution in [2.45, 2.75) is 38.1 Å². The smallest absolute Gasteiger partial charge is 0.236 e. The lowest BCUT2D eigenvalue weighted by Gasteiger charge is -2.32. The zero-order valence-corrected chi connectivity index (χ0v) is 16.5. The SMILES string of the molecule is Cn1c(CN2CCOCC2)nnc1C1CCN(C(=O)CN2CCCC2)CC1. The topological polar surface area (TPSA) is 66.7 Å². The molecule has 1 amide bonds. The van der Waals surface area contributed by atoms with Crippen LogP contribution >= 0.6 is 0 Å². The van der Waals surface area contributed by atoms with Crippen LogP contribution < -0.4 is 0 Å². The third-order valence-electron chi connectivity index (χ3n) is 6.24. The lowest BCUT2D eigenvalue weighted by Crippen LogP contribution is -2.43. The molecular formula is C19H32N6O2. The molecule has 27 heavy (non-hydrogen) atoms. The van der Waals surface area contributed by atoms with E-state index in [-0.39, 0.29) is 0 Å². The predicted octanol–water partition coefficient (Wildman–Crippen LogP) is 0.449. The number of rotatable bonds is 5. The number of ether oxygens (including phenoxy) is 1. The number of likely N-dealkylation sites (tertiary alicyclic amines) is 2. The molecule has 0 bridgehead atoms. The van der Waals surface area contributed by atoms with E-state index in [2.05, 4.69) is 31.6 Å². The zero-order chi connectivity index (χ0) is 18.6. The van der Waals surface area contributed by atoms with Gasteiger partial charge >= 0.3 is 0 Å². The van der Waals surface area contributed by atoms with E-state index < -0.39 is 0 Å². The number of aromatic nitrogens is 3. The fourth-order valence-electron chi connectivity index (χ4n) is 4.45. The Balaban J connectivity index is 1.29. The number of hydrogen-bond acceptors (Lipinski definition) is 6. The molecular weight excluding hydrogens is 344 g/mol. The number of carbonyl (C=O) groups excluding carboxylic acids is 1. The van der Waals surface area contributed by atoms with E-state index in [4.69, 9.17) is 4.74 Å². The van der Waals surface area contributed by atoms with Crippen molar-refractivity contribution >= 4 is 5.91 Å². The van der Waals surface area contributed by atoms with Gasteiger partial charge in [0.2, 0.25) is 5.91 Å². The second kappa shape index (κ2) is 8.67. The van der Waals surface area contributed by atoms with Gasteiger partial charge in [0.05, 0.1) is 26.3 Å². The van der Waals surface area contributed by atoms with E-state index in [1.807, 2.05) is 4.90 Å². The Morgan fingerprint density at radius 1 is 1.00 bits per heavy atom. The summed E-state index contributed by atoms with van der Waals surface area (Å²) in [5.41, 5.74) is 0. The van der Waals surface area contributed by atoms with E-state index in [9.17, 15) is 4.79 Å². The molecule has 150 valence electrons. The van der Waals surface area contributed by atoms with E-state index in [1.165, 1.54) is 12.8 Å². The quantitative estimate of drug-likeness (QED) is 0.743. The molecule has 0 unspecified atom stereocenters. The number of carbonyl (C=O) groups is 1. The first-order valence-electron chi connectivity index (χ1n) is 10.4. The summed E-state index contributed by atoms with van der Waals surface area (Å²) in [6.07, 6.45) is 4.42. The maximum atomic E-state index is 12.5. The first-order chi connectivity index (χ1) is 13.2. The van der Waals surface area contributed by atoms with Gasteiger partial charge in [0, 0.05) is 39.1 Å². The fraction of sp³-hybridized carbons (Fsp3) is 0.842. The largest absolute Gasteiger partial charge is 0.379 e. The highest BCUT2D eigenvalue weighted by Crippen LogP contribution is 2.27. The van der Waals surface area contributed by atoms with Crippen LogP contribution in [0.3, 0.4) is 0 Å². The standard InChI is InChI=1S/C19H32N6O2/c1-22-17(14-24-10-12-27-13-11-24)20-21-19(22)16-4-8-25(9-5-16)18(26)15-23-6-2-3-7-23/h16H,2-15H2,1H3. The number of hydrogen-bond donors (Lipinski definition) is 0. The molecule has 4 heterocycles. The van der Waals surface area contributed by atoms with Crippen LogP contribution in [0, 0.1) is 0 Å². The summed E-state index contributed by atoms with van der Waals surface area (Å²) < 4.78 is 7.59. The lowest BCUT2D eigenvalue weighted by molar-refractivity contribution is -0.133. The Morgan fingerprint density at radius 3 is 2.41 bits per heavy atom. The summed E-state index contributed by atoms with van der Waals surface area (Å²) >= 11 is 0. The van der Waals surface area contributed by atoms with Crippen LogP contribution in [0.4, 0.5) is 0 Å². The average molecular weight is 377 g/mol. The molecule has 4 rings (SSSR count). The monoisotopic (exact) mass is 376 g/mol. The van der Waals surface area contributed by atoms with E-state index in [1.54, 1.807) is 0 Å². The number of piperidine rings is 1. The van der Waals surface area contributed by atoms with Crippen molar-refractivity contribution in [1.82, 2.24) is 29.5 Å². The molecule has 0 saturated carbocycles. The summed E-state index contributed by atoms with van der Waals surface area (Å²) in [7, 11) is 2.08. The molecule has 0 radical (unpaired) electrons. The Labute approximate surface area is 161 Å². The summed E-state index contributed by atoms with van der Waals surface area (Å²) in [5, 5.41) is 8.95. The summed E-state index contributed by atoms with van der Waals surface area (Å²) in [4.78, 5) is 19.2. The molecule has 0 aromatic carbocycles. The van der Waals surface area contributed by atoms with E-state index >= 15 is 0 Å². The molecule has 0 atom stereocenters. The molecule has 0 aliphatic carbocycles. The minimum atomic E-state index is 0.293. The van der Waals surface area contributed by atoms with Crippen LogP contribution in [0.25, 0.3) is 0 Å². The summed E-state index contributed by atoms with van der Waals surface area (Å²) in [6, 6.07) is 0. The van der Waals surface area contributed by atoms with Crippen LogP contribution in [0.2, 0.25) is 0 Å². The van der Waals surface area contributed by atoms with Crippen molar-refractivity contribution in [3.63, 3.8) is 0 Å². The van der Waals surface area contributed by atoms with Crippen molar-refractivity contribution in [2.24, 2.45) is 7.05 Å². The van der Waals surface area contributed by atoms with E-state index in [0.717, 1.165) is 83.5 Å². The van der Waals surface area contributed by atoms with Gasteiger partial charge in [0.25, 0.3) is 0 Å². The molecule has 3 fully saturated rings. The van der Waals surface area contributed by atoms with Gasteiger partial charge in [-0.25, -0.2) is 0 Å². The second-order valence-electron chi connectivity index (χ2n) is 8.06. The van der Waals surface area contributed by atoms with Gasteiger partial charge in [-0.1, -0.05) is 0 Å². The van der Waals surface area contributed by atoms with Crippen molar-refractivity contribution in [2.75, 3.05) is 59.0 Å². The molecule has 3 aliphatic rings. The molecule has 8 heteroatoms. The fourth-order valence-corrected chi connectivity index (χ4v) is 4.45. The highest BCUT2D eigenvalue weighted by molar-refractivity contribution is 5.78. The van der Waals surface area contributed by atoms with E-state index in [0.29, 0.717) is 18.4 Å². The number of morpholine rings is 1. The van der Waals surface area contributed by atoms with Crippen molar-refractivity contribution < 1.29 is 9.53 Å². The Morgan fingerprint density at radius 2 is 1.70 bits per heavy atom. The molecule has 3 aliphatic heterocycles. The van der Waals surface area contributed by atoms with Crippen LogP contribution in [-0.4, -0.2) is 94.4 Å². The Hall–Kier alpha value is -1.51. The Bertz CT molecular complexity index is 628. The van der Waals surface area contributed by atoms with Crippen molar-refractivity contribution in [3.8, 4) is 0 Å². The number of nitrogens with zero attached hydrogens (tertiary/aromatic N) is 6. The van der Waals surface area contributed by atoms with Crippen LogP contribution in [0.15, 0.2) is 0 Å². The van der Waals surface area contributed by atoms with Gasteiger partial charge in [-0.05, 0) is 38.8 Å². The Kier molecular flexibility index (Phi) is 6.04. The first kappa shape index (κ1) is 18.8. The third-order valence-corrected chi connectivity index (χ3v) is 6.24. The summed E-state index contributed by atoms with van der Waals surface area (Å²) in [5.74, 6) is 2.79. The van der Waals surface area contributed by atoms with Crippen LogP contribution in [-0.2, 0) is 23.1 Å². The highest BCUT2D eigenvalue weighted by atomic mass is 16.5. The van der Waals surface area contributed by atoms with Gasteiger partial charge in [0.15, 0.2) is 0 Å². The number of amides is 1. The first-order valence-corrected chi connectivity index (χ1v) is 10.4. The second-order valence-corrected chi connectivity index (χ2v) is 8.06. The van der Waals surface area contributed by atoms with Crippen LogP contribution in [0.1, 0.15) is 43.3 Å². The summed E-state index contributed by atoms with van der Waals surface area (Å²) in [6.45, 7) is 8.77. The predicted molar refractivity (Wildman–Crippen MR) is 101 cm³/mol. The molecule has 3 saturated heterocycles. The minimum absolute atomic E-state index is 0.293. The van der Waals surface area contributed by atoms with Gasteiger partial charge < -0.3 is 14.2 Å². The third kappa shape index (κ3) is 4.50.